The van der Waals surface area contributed by atoms with E-state index in [-0.39, 0.29) is 29.3 Å². The maximum Gasteiger partial charge on any atom is 0.243 e. The van der Waals surface area contributed by atoms with Gasteiger partial charge in [-0.3, -0.25) is 4.79 Å². The summed E-state index contributed by atoms with van der Waals surface area (Å²) in [5, 5.41) is 3.12. The van der Waals surface area contributed by atoms with Crippen molar-refractivity contribution in [2.24, 2.45) is 23.2 Å². The maximum atomic E-state index is 13.8. The summed E-state index contributed by atoms with van der Waals surface area (Å²) in [7, 11) is -3.88. The van der Waals surface area contributed by atoms with E-state index in [1.54, 1.807) is 6.92 Å². The van der Waals surface area contributed by atoms with E-state index in [2.05, 4.69) is 15.3 Å². The summed E-state index contributed by atoms with van der Waals surface area (Å²) in [5.74, 6) is 1.99. The molecule has 7 rings (SSSR count). The number of halogens is 1. The highest BCUT2D eigenvalue weighted by atomic mass is 32.2. The molecule has 5 aliphatic rings. The second-order valence-corrected chi connectivity index (χ2v) is 12.7. The number of carbonyl (C=O) groups is 1. The summed E-state index contributed by atoms with van der Waals surface area (Å²) < 4.78 is 41.6. The molecule has 0 saturated heterocycles. The topological polar surface area (TPSA) is 92.3 Å². The summed E-state index contributed by atoms with van der Waals surface area (Å²) in [6.45, 7) is 1.94. The molecule has 0 spiro atoms. The van der Waals surface area contributed by atoms with Crippen molar-refractivity contribution >= 4 is 21.7 Å². The Bertz CT molecular complexity index is 1240. The lowest BCUT2D eigenvalue weighted by atomic mass is 9.49. The molecule has 1 amide bonds. The van der Waals surface area contributed by atoms with E-state index in [4.69, 9.17) is 0 Å². The number of fused-ring (bicyclic) bond motifs is 1. The third-order valence-electron chi connectivity index (χ3n) is 8.49. The fourth-order valence-corrected chi connectivity index (χ4v) is 8.90. The molecule has 2 aromatic rings. The van der Waals surface area contributed by atoms with Crippen molar-refractivity contribution in [2.75, 3.05) is 11.9 Å². The number of aryl methyl sites for hydroxylation is 1. The molecule has 7 nitrogen and oxygen atoms in total. The predicted octanol–water partition coefficient (Wildman–Crippen LogP) is 3.83. The van der Waals surface area contributed by atoms with Crippen molar-refractivity contribution < 1.29 is 17.6 Å². The molecular weight excluding hydrogens is 455 g/mol. The van der Waals surface area contributed by atoms with Gasteiger partial charge in [-0.25, -0.2) is 22.8 Å². The molecule has 4 bridgehead atoms. The molecule has 1 aliphatic heterocycles. The van der Waals surface area contributed by atoms with Gasteiger partial charge in [0.2, 0.25) is 15.9 Å². The van der Waals surface area contributed by atoms with Crippen LogP contribution in [0.5, 0.6) is 0 Å². The largest absolute Gasteiger partial charge is 0.310 e. The van der Waals surface area contributed by atoms with Crippen LogP contribution in [0, 0.1) is 35.9 Å². The van der Waals surface area contributed by atoms with Crippen molar-refractivity contribution in [1.82, 2.24) is 14.3 Å². The van der Waals surface area contributed by atoms with E-state index in [1.165, 1.54) is 42.0 Å². The van der Waals surface area contributed by atoms with Gasteiger partial charge in [-0.1, -0.05) is 6.07 Å². The molecule has 180 valence electrons. The fourth-order valence-electron chi connectivity index (χ4n) is 7.26. The van der Waals surface area contributed by atoms with E-state index >= 15 is 0 Å². The molecule has 9 heteroatoms. The highest BCUT2D eigenvalue weighted by molar-refractivity contribution is 7.89. The van der Waals surface area contributed by atoms with E-state index < -0.39 is 15.8 Å². The molecule has 4 saturated carbocycles. The van der Waals surface area contributed by atoms with Crippen LogP contribution >= 0.6 is 0 Å². The standard InChI is InChI=1S/C25H29FN4O3S/c1-15-2-3-19(26)9-22(15)34(32,33)30-5-4-20-21(13-30)27-14-28-23(20)29-24(31)25-10-16-6-17(11-25)8-18(7-16)12-25/h2-3,9,14,16-18H,4-8,10-13H2,1H3,(H,27,28,29,31). The number of benzene rings is 1. The monoisotopic (exact) mass is 484 g/mol. The van der Waals surface area contributed by atoms with Crippen molar-refractivity contribution in [2.45, 2.75) is 63.3 Å². The molecule has 4 aliphatic carbocycles. The van der Waals surface area contributed by atoms with Gasteiger partial charge in [0.25, 0.3) is 0 Å². The molecule has 0 radical (unpaired) electrons. The average Bonchev–Trinajstić information content (AvgIpc) is 2.79. The number of nitrogens with one attached hydrogen (secondary N) is 1. The van der Waals surface area contributed by atoms with Crippen LogP contribution in [0.4, 0.5) is 10.2 Å². The van der Waals surface area contributed by atoms with Gasteiger partial charge in [0.05, 0.1) is 22.5 Å². The third-order valence-corrected chi connectivity index (χ3v) is 10.5. The summed E-state index contributed by atoms with van der Waals surface area (Å²) in [6, 6.07) is 3.80. The Morgan fingerprint density at radius 3 is 2.47 bits per heavy atom. The van der Waals surface area contributed by atoms with E-state index in [9.17, 15) is 17.6 Å². The second kappa shape index (κ2) is 7.81. The average molecular weight is 485 g/mol. The number of hydrogen-bond donors (Lipinski definition) is 1. The van der Waals surface area contributed by atoms with Gasteiger partial charge in [0.1, 0.15) is 18.0 Å². The molecule has 2 heterocycles. The Hall–Kier alpha value is -2.39. The number of amides is 1. The maximum absolute atomic E-state index is 13.8. The first-order chi connectivity index (χ1) is 16.2. The molecule has 1 aromatic carbocycles. The summed E-state index contributed by atoms with van der Waals surface area (Å²) in [4.78, 5) is 22.2. The van der Waals surface area contributed by atoms with Crippen molar-refractivity contribution in [1.29, 1.82) is 0 Å². The van der Waals surface area contributed by atoms with Crippen LogP contribution in [0.3, 0.4) is 0 Å². The zero-order valence-corrected chi connectivity index (χ0v) is 20.1. The SMILES string of the molecule is Cc1ccc(F)cc1S(=O)(=O)N1CCc2c(ncnc2NC(=O)C23CC4CC(CC(C4)C2)C3)C1. The Kier molecular flexibility index (Phi) is 5.08. The molecule has 0 atom stereocenters. The summed E-state index contributed by atoms with van der Waals surface area (Å²) in [5.41, 5.74) is 1.59. The van der Waals surface area contributed by atoms with Gasteiger partial charge < -0.3 is 5.32 Å². The quantitative estimate of drug-likeness (QED) is 0.712. The normalized spacial score (nSPS) is 30.2. The molecule has 4 fully saturated rings. The van der Waals surface area contributed by atoms with Crippen LogP contribution < -0.4 is 5.32 Å². The van der Waals surface area contributed by atoms with Gasteiger partial charge in [0, 0.05) is 12.1 Å². The van der Waals surface area contributed by atoms with Crippen molar-refractivity contribution in [3.63, 3.8) is 0 Å². The highest BCUT2D eigenvalue weighted by Crippen LogP contribution is 2.60. The van der Waals surface area contributed by atoms with Gasteiger partial charge >= 0.3 is 0 Å². The van der Waals surface area contributed by atoms with Crippen LogP contribution in [-0.4, -0.2) is 35.1 Å². The first kappa shape index (κ1) is 22.1. The molecule has 1 aromatic heterocycles. The Morgan fingerprint density at radius 1 is 1.12 bits per heavy atom. The van der Waals surface area contributed by atoms with Crippen LogP contribution in [0.15, 0.2) is 29.4 Å². The van der Waals surface area contributed by atoms with Crippen LogP contribution in [-0.2, 0) is 27.8 Å². The zero-order valence-electron chi connectivity index (χ0n) is 19.3. The summed E-state index contributed by atoms with van der Waals surface area (Å²) >= 11 is 0. The minimum atomic E-state index is -3.88. The van der Waals surface area contributed by atoms with Crippen molar-refractivity contribution in [3.05, 3.63) is 47.2 Å². The number of sulfonamides is 1. The predicted molar refractivity (Wildman–Crippen MR) is 124 cm³/mol. The number of anilines is 1. The van der Waals surface area contributed by atoms with Gasteiger partial charge in [0.15, 0.2) is 0 Å². The molecular formula is C25H29FN4O3S. The van der Waals surface area contributed by atoms with E-state index in [0.717, 1.165) is 30.9 Å². The first-order valence-electron chi connectivity index (χ1n) is 12.1. The Morgan fingerprint density at radius 2 is 1.79 bits per heavy atom. The molecule has 0 unspecified atom stereocenters. The van der Waals surface area contributed by atoms with Gasteiger partial charge in [-0.15, -0.1) is 0 Å². The zero-order chi connectivity index (χ0) is 23.7. The van der Waals surface area contributed by atoms with Crippen LogP contribution in [0.2, 0.25) is 0 Å². The third kappa shape index (κ3) is 3.55. The highest BCUT2D eigenvalue weighted by Gasteiger charge is 2.54. The molecule has 1 N–H and O–H groups in total. The lowest BCUT2D eigenvalue weighted by Gasteiger charge is -2.55. The smallest absolute Gasteiger partial charge is 0.243 e. The number of hydrogen-bond acceptors (Lipinski definition) is 5. The van der Waals surface area contributed by atoms with E-state index in [1.807, 2.05) is 0 Å². The van der Waals surface area contributed by atoms with Crippen molar-refractivity contribution in [3.8, 4) is 0 Å². The fraction of sp³-hybridized carbons (Fsp3) is 0.560. The lowest BCUT2D eigenvalue weighted by Crippen LogP contribution is -2.52. The minimum Gasteiger partial charge on any atom is -0.310 e. The van der Waals surface area contributed by atoms with Crippen LogP contribution in [0.1, 0.15) is 55.3 Å². The van der Waals surface area contributed by atoms with E-state index in [0.29, 0.717) is 41.2 Å². The minimum absolute atomic E-state index is 0.0275. The molecule has 34 heavy (non-hydrogen) atoms. The number of rotatable bonds is 4. The first-order valence-corrected chi connectivity index (χ1v) is 13.6. The lowest BCUT2D eigenvalue weighted by molar-refractivity contribution is -0.140. The Balaban J connectivity index is 1.24. The number of nitrogens with zero attached hydrogens (tertiary/aromatic N) is 3. The van der Waals surface area contributed by atoms with Gasteiger partial charge in [-0.2, -0.15) is 4.31 Å². The van der Waals surface area contributed by atoms with Gasteiger partial charge in [-0.05, 0) is 87.3 Å². The number of carbonyl (C=O) groups excluding carboxylic acids is 1. The second-order valence-electron chi connectivity index (χ2n) is 10.8. The number of aromatic nitrogens is 2. The Labute approximate surface area is 199 Å². The summed E-state index contributed by atoms with van der Waals surface area (Å²) in [6.07, 6.45) is 8.49. The van der Waals surface area contributed by atoms with Crippen LogP contribution in [0.25, 0.3) is 0 Å².